The van der Waals surface area contributed by atoms with Crippen molar-refractivity contribution in [2.45, 2.75) is 40.5 Å². The number of rotatable bonds is 4. The fourth-order valence-electron chi connectivity index (χ4n) is 1.76. The first-order chi connectivity index (χ1) is 9.83. The molecule has 114 valence electrons. The van der Waals surface area contributed by atoms with Gasteiger partial charge in [0.2, 0.25) is 0 Å². The van der Waals surface area contributed by atoms with Crippen LogP contribution in [0.1, 0.15) is 55.1 Å². The number of carbonyl (C=O) groups excluding carboxylic acids is 1. The van der Waals surface area contributed by atoms with Gasteiger partial charge in [-0.3, -0.25) is 4.79 Å². The van der Waals surface area contributed by atoms with Gasteiger partial charge in [0.1, 0.15) is 0 Å². The van der Waals surface area contributed by atoms with E-state index in [4.69, 9.17) is 5.11 Å². The van der Waals surface area contributed by atoms with Crippen molar-refractivity contribution >= 4 is 5.91 Å². The van der Waals surface area contributed by atoms with E-state index in [2.05, 4.69) is 37.9 Å². The molecule has 3 nitrogen and oxygen atoms in total. The van der Waals surface area contributed by atoms with Gasteiger partial charge in [-0.1, -0.05) is 38.7 Å². The SMILES string of the molecule is Cc1ccc(C(=O)NCCC(C)(C)C)cc1C#CCCO. The quantitative estimate of drug-likeness (QED) is 0.837. The van der Waals surface area contributed by atoms with Crippen LogP contribution in [0.4, 0.5) is 0 Å². The van der Waals surface area contributed by atoms with Gasteiger partial charge in [-0.2, -0.15) is 0 Å². The molecule has 0 aliphatic carbocycles. The Balaban J connectivity index is 2.73. The highest BCUT2D eigenvalue weighted by molar-refractivity contribution is 5.94. The molecule has 21 heavy (non-hydrogen) atoms. The van der Waals surface area contributed by atoms with Crippen LogP contribution in [0.15, 0.2) is 18.2 Å². The number of amides is 1. The number of carbonyl (C=O) groups is 1. The van der Waals surface area contributed by atoms with Gasteiger partial charge in [0.15, 0.2) is 0 Å². The lowest BCUT2D eigenvalue weighted by Crippen LogP contribution is -2.27. The van der Waals surface area contributed by atoms with Crippen molar-refractivity contribution in [1.82, 2.24) is 5.32 Å². The summed E-state index contributed by atoms with van der Waals surface area (Å²) in [6.07, 6.45) is 1.38. The second-order valence-electron chi connectivity index (χ2n) is 6.37. The zero-order chi connectivity index (χ0) is 15.9. The van der Waals surface area contributed by atoms with Crippen LogP contribution in [0.3, 0.4) is 0 Å². The maximum absolute atomic E-state index is 12.1. The minimum absolute atomic E-state index is 0.0546. The third kappa shape index (κ3) is 6.46. The fraction of sp³-hybridized carbons (Fsp3) is 0.500. The number of aryl methyl sites for hydroxylation is 1. The lowest BCUT2D eigenvalue weighted by Gasteiger charge is -2.18. The number of nitrogens with one attached hydrogen (secondary N) is 1. The van der Waals surface area contributed by atoms with Crippen molar-refractivity contribution in [1.29, 1.82) is 0 Å². The first-order valence-electron chi connectivity index (χ1n) is 7.32. The van der Waals surface area contributed by atoms with Crippen LogP contribution < -0.4 is 5.32 Å². The summed E-state index contributed by atoms with van der Waals surface area (Å²) in [5.74, 6) is 5.82. The minimum atomic E-state index is -0.0653. The molecule has 0 aromatic heterocycles. The lowest BCUT2D eigenvalue weighted by molar-refractivity contribution is 0.0949. The van der Waals surface area contributed by atoms with E-state index < -0.39 is 0 Å². The Morgan fingerprint density at radius 2 is 2.05 bits per heavy atom. The van der Waals surface area contributed by atoms with E-state index in [1.807, 2.05) is 25.1 Å². The molecule has 0 aliphatic heterocycles. The summed E-state index contributed by atoms with van der Waals surface area (Å²) in [6.45, 7) is 9.14. The second kappa shape index (κ2) is 7.85. The van der Waals surface area contributed by atoms with Gasteiger partial charge < -0.3 is 10.4 Å². The zero-order valence-electron chi connectivity index (χ0n) is 13.4. The van der Waals surface area contributed by atoms with Crippen molar-refractivity contribution in [2.75, 3.05) is 13.2 Å². The Hall–Kier alpha value is -1.79. The fourth-order valence-corrected chi connectivity index (χ4v) is 1.76. The Morgan fingerprint density at radius 1 is 1.33 bits per heavy atom. The van der Waals surface area contributed by atoms with Crippen LogP contribution in [0.25, 0.3) is 0 Å². The number of hydrogen-bond donors (Lipinski definition) is 2. The molecule has 1 rings (SSSR count). The topological polar surface area (TPSA) is 49.3 Å². The monoisotopic (exact) mass is 287 g/mol. The first-order valence-corrected chi connectivity index (χ1v) is 7.32. The standard InChI is InChI=1S/C18H25NO2/c1-14-8-9-16(13-15(14)7-5-6-12-20)17(21)19-11-10-18(2,3)4/h8-9,13,20H,6,10-12H2,1-4H3,(H,19,21). The molecule has 0 fully saturated rings. The zero-order valence-corrected chi connectivity index (χ0v) is 13.4. The highest BCUT2D eigenvalue weighted by Crippen LogP contribution is 2.17. The van der Waals surface area contributed by atoms with Crippen molar-refractivity contribution in [3.63, 3.8) is 0 Å². The summed E-state index contributed by atoms with van der Waals surface area (Å²) < 4.78 is 0. The van der Waals surface area contributed by atoms with Crippen LogP contribution in [0.2, 0.25) is 0 Å². The smallest absolute Gasteiger partial charge is 0.251 e. The molecular formula is C18H25NO2. The molecule has 0 heterocycles. The molecule has 0 saturated heterocycles. The summed E-state index contributed by atoms with van der Waals surface area (Å²) in [4.78, 5) is 12.1. The molecule has 3 heteroatoms. The maximum atomic E-state index is 12.1. The maximum Gasteiger partial charge on any atom is 0.251 e. The molecule has 0 radical (unpaired) electrons. The second-order valence-corrected chi connectivity index (χ2v) is 6.37. The van der Waals surface area contributed by atoms with E-state index in [-0.39, 0.29) is 17.9 Å². The number of aliphatic hydroxyl groups is 1. The van der Waals surface area contributed by atoms with E-state index >= 15 is 0 Å². The number of hydrogen-bond acceptors (Lipinski definition) is 2. The minimum Gasteiger partial charge on any atom is -0.395 e. The van der Waals surface area contributed by atoms with Crippen LogP contribution in [-0.2, 0) is 0 Å². The molecule has 0 spiro atoms. The third-order valence-electron chi connectivity index (χ3n) is 3.12. The van der Waals surface area contributed by atoms with Crippen molar-refractivity contribution in [2.24, 2.45) is 5.41 Å². The summed E-state index contributed by atoms with van der Waals surface area (Å²) in [5, 5.41) is 11.7. The van der Waals surface area contributed by atoms with Gasteiger partial charge in [-0.15, -0.1) is 0 Å². The largest absolute Gasteiger partial charge is 0.395 e. The van der Waals surface area contributed by atoms with Gasteiger partial charge in [-0.25, -0.2) is 0 Å². The van der Waals surface area contributed by atoms with Gasteiger partial charge in [0.25, 0.3) is 5.91 Å². The molecule has 0 unspecified atom stereocenters. The molecule has 0 aliphatic rings. The van der Waals surface area contributed by atoms with E-state index in [1.54, 1.807) is 0 Å². The average Bonchev–Trinajstić information content (AvgIpc) is 2.39. The van der Waals surface area contributed by atoms with Gasteiger partial charge in [0, 0.05) is 24.1 Å². The van der Waals surface area contributed by atoms with Gasteiger partial charge in [0.05, 0.1) is 6.61 Å². The van der Waals surface area contributed by atoms with Crippen LogP contribution in [-0.4, -0.2) is 24.2 Å². The molecular weight excluding hydrogens is 262 g/mol. The average molecular weight is 287 g/mol. The Kier molecular flexibility index (Phi) is 6.45. The Bertz CT molecular complexity index is 545. The predicted molar refractivity (Wildman–Crippen MR) is 86.2 cm³/mol. The van der Waals surface area contributed by atoms with E-state index in [0.29, 0.717) is 18.5 Å². The molecule has 0 saturated carbocycles. The van der Waals surface area contributed by atoms with Crippen molar-refractivity contribution in [3.8, 4) is 11.8 Å². The molecule has 1 aromatic rings. The molecule has 1 aromatic carbocycles. The Labute approximate surface area is 127 Å². The highest BCUT2D eigenvalue weighted by Gasteiger charge is 2.11. The van der Waals surface area contributed by atoms with Gasteiger partial charge >= 0.3 is 0 Å². The van der Waals surface area contributed by atoms with Crippen molar-refractivity contribution in [3.05, 3.63) is 34.9 Å². The highest BCUT2D eigenvalue weighted by atomic mass is 16.2. The van der Waals surface area contributed by atoms with E-state index in [0.717, 1.165) is 17.5 Å². The van der Waals surface area contributed by atoms with Crippen LogP contribution in [0, 0.1) is 24.2 Å². The number of benzene rings is 1. The summed E-state index contributed by atoms with van der Waals surface area (Å²) >= 11 is 0. The predicted octanol–water partition coefficient (Wildman–Crippen LogP) is 2.89. The van der Waals surface area contributed by atoms with Crippen LogP contribution in [0.5, 0.6) is 0 Å². The molecule has 0 atom stereocenters. The normalized spacial score (nSPS) is 10.7. The third-order valence-corrected chi connectivity index (χ3v) is 3.12. The van der Waals surface area contributed by atoms with Crippen LogP contribution >= 0.6 is 0 Å². The first kappa shape index (κ1) is 17.3. The summed E-state index contributed by atoms with van der Waals surface area (Å²) in [7, 11) is 0. The van der Waals surface area contributed by atoms with E-state index in [9.17, 15) is 4.79 Å². The summed E-state index contributed by atoms with van der Waals surface area (Å²) in [5.41, 5.74) is 2.71. The number of aliphatic hydroxyl groups excluding tert-OH is 1. The summed E-state index contributed by atoms with van der Waals surface area (Å²) in [6, 6.07) is 5.53. The van der Waals surface area contributed by atoms with Gasteiger partial charge in [-0.05, 0) is 36.5 Å². The Morgan fingerprint density at radius 3 is 2.67 bits per heavy atom. The molecule has 2 N–H and O–H groups in total. The molecule has 1 amide bonds. The van der Waals surface area contributed by atoms with E-state index in [1.165, 1.54) is 0 Å². The molecule has 0 bridgehead atoms. The lowest BCUT2D eigenvalue weighted by atomic mass is 9.92. The van der Waals surface area contributed by atoms with Crippen molar-refractivity contribution < 1.29 is 9.90 Å².